The fourth-order valence-corrected chi connectivity index (χ4v) is 11.2. The second-order valence-corrected chi connectivity index (χ2v) is 24.7. The molecule has 5 aromatic rings. The zero-order chi connectivity index (χ0) is 30.0. The second kappa shape index (κ2) is 13.2. The van der Waals surface area contributed by atoms with E-state index >= 15 is 0 Å². The molecule has 0 radical (unpaired) electrons. The molecule has 0 heterocycles. The lowest BCUT2D eigenvalue weighted by Gasteiger charge is -2.18. The van der Waals surface area contributed by atoms with Gasteiger partial charge in [0.25, 0.3) is 0 Å². The van der Waals surface area contributed by atoms with Gasteiger partial charge < -0.3 is 9.47 Å². The van der Waals surface area contributed by atoms with Gasteiger partial charge in [-0.2, -0.15) is 0 Å². The zero-order valence-electron chi connectivity index (χ0n) is 26.6. The van der Waals surface area contributed by atoms with Gasteiger partial charge in [-0.05, 0) is 55.2 Å². The summed E-state index contributed by atoms with van der Waals surface area (Å²) < 4.78 is 12.9. The Morgan fingerprint density at radius 3 is 1.14 bits per heavy atom. The molecule has 42 heavy (non-hydrogen) atoms. The minimum absolute atomic E-state index is 0.576. The van der Waals surface area contributed by atoms with Crippen molar-refractivity contribution >= 4 is 77.5 Å². The zero-order valence-corrected chi connectivity index (χ0v) is 31.2. The third kappa shape index (κ3) is 6.67. The van der Waals surface area contributed by atoms with Crippen LogP contribution >= 0.6 is 0 Å². The maximum absolute atomic E-state index is 6.46. The van der Waals surface area contributed by atoms with Crippen LogP contribution in [-0.2, 0) is 13.2 Å². The van der Waals surface area contributed by atoms with Crippen LogP contribution in [0.15, 0.2) is 84.9 Å². The van der Waals surface area contributed by atoms with Gasteiger partial charge in [-0.3, -0.25) is 0 Å². The normalized spacial score (nSPS) is 11.9. The molecule has 2 nitrogen and oxygen atoms in total. The van der Waals surface area contributed by atoms with E-state index in [-0.39, 0.29) is 0 Å². The summed E-state index contributed by atoms with van der Waals surface area (Å²) in [6, 6.07) is 31.8. The van der Waals surface area contributed by atoms with Crippen LogP contribution in [0.5, 0.6) is 11.5 Å². The highest BCUT2D eigenvalue weighted by Gasteiger charge is 2.16. The molecule has 0 aromatic heterocycles. The summed E-state index contributed by atoms with van der Waals surface area (Å²) >= 11 is 0. The van der Waals surface area contributed by atoms with Gasteiger partial charge >= 0.3 is 0 Å². The van der Waals surface area contributed by atoms with E-state index in [1.165, 1.54) is 53.4 Å². The van der Waals surface area contributed by atoms with E-state index in [1.807, 2.05) is 0 Å². The molecule has 0 unspecified atom stereocenters. The van der Waals surface area contributed by atoms with E-state index in [2.05, 4.69) is 137 Å². The lowest BCUT2D eigenvalue weighted by Crippen LogP contribution is -2.27. The lowest BCUT2D eigenvalue weighted by molar-refractivity contribution is 0.305. The third-order valence-electron chi connectivity index (χ3n) is 8.39. The molecule has 0 aliphatic carbocycles. The number of hydrogen-bond donors (Lipinski definition) is 0. The van der Waals surface area contributed by atoms with Crippen molar-refractivity contribution in [2.75, 3.05) is 0 Å². The Labute approximate surface area is 259 Å². The van der Waals surface area contributed by atoms with E-state index in [4.69, 9.17) is 9.47 Å². The molecule has 0 atom stereocenters. The first-order valence-electron chi connectivity index (χ1n) is 15.6. The molecule has 5 rings (SSSR count). The van der Waals surface area contributed by atoms with Crippen molar-refractivity contribution < 1.29 is 9.47 Å². The highest BCUT2D eigenvalue weighted by Crippen LogP contribution is 2.23. The molecular weight excluding hydrogens is 577 g/mol. The maximum Gasteiger partial charge on any atom is 0.119 e. The van der Waals surface area contributed by atoms with Crippen LogP contribution in [0.25, 0.3) is 21.5 Å². The van der Waals surface area contributed by atoms with Crippen LogP contribution in [0.2, 0.25) is 52.4 Å². The summed E-state index contributed by atoms with van der Waals surface area (Å²) in [5, 5.41) is 11.4. The predicted molar refractivity (Wildman–Crippen MR) is 197 cm³/mol. The minimum atomic E-state index is -1.09. The van der Waals surface area contributed by atoms with Crippen LogP contribution < -0.4 is 30.2 Å². The summed E-state index contributed by atoms with van der Waals surface area (Å²) in [5.41, 5.74) is 2.36. The molecule has 218 valence electrons. The largest absolute Gasteiger partial charge is 0.489 e. The van der Waals surface area contributed by atoms with Crippen molar-refractivity contribution in [3.05, 3.63) is 96.1 Å². The molecule has 0 amide bonds. The van der Waals surface area contributed by atoms with Gasteiger partial charge in [-0.1, -0.05) is 136 Å². The van der Waals surface area contributed by atoms with Gasteiger partial charge in [0, 0.05) is 0 Å². The van der Waals surface area contributed by atoms with Crippen molar-refractivity contribution in [2.24, 2.45) is 0 Å². The van der Waals surface area contributed by atoms with E-state index < -0.39 is 35.2 Å². The number of benzene rings is 5. The van der Waals surface area contributed by atoms with Crippen LogP contribution in [-0.4, -0.2) is 35.2 Å². The second-order valence-electron chi connectivity index (χ2n) is 12.9. The Morgan fingerprint density at radius 2 is 0.810 bits per heavy atom. The molecule has 0 aliphatic heterocycles. The average molecular weight is 623 g/mol. The van der Waals surface area contributed by atoms with Crippen LogP contribution in [0, 0.1) is 0 Å². The number of rotatable bonds is 10. The van der Waals surface area contributed by atoms with Crippen LogP contribution in [0.4, 0.5) is 0 Å². The van der Waals surface area contributed by atoms with Gasteiger partial charge in [-0.25, -0.2) is 0 Å². The first-order valence-corrected chi connectivity index (χ1v) is 27.1. The smallest absolute Gasteiger partial charge is 0.119 e. The van der Waals surface area contributed by atoms with Crippen LogP contribution in [0.1, 0.15) is 11.1 Å². The van der Waals surface area contributed by atoms with Gasteiger partial charge in [-0.15, -0.1) is 0 Å². The molecule has 0 spiro atoms. The molecule has 0 saturated carbocycles. The first kappa shape index (κ1) is 30.5. The minimum Gasteiger partial charge on any atom is -0.489 e. The van der Waals surface area contributed by atoms with Gasteiger partial charge in [0.05, 0.1) is 35.2 Å². The Morgan fingerprint density at radius 1 is 0.429 bits per heavy atom. The van der Waals surface area contributed by atoms with E-state index in [1.54, 1.807) is 0 Å². The van der Waals surface area contributed by atoms with Crippen LogP contribution in [0.3, 0.4) is 0 Å². The lowest BCUT2D eigenvalue weighted by atomic mass is 10.1. The summed E-state index contributed by atoms with van der Waals surface area (Å²) in [6.07, 6.45) is 0. The summed E-state index contributed by atoms with van der Waals surface area (Å²) in [7, 11) is -3.82. The van der Waals surface area contributed by atoms with Gasteiger partial charge in [0.15, 0.2) is 0 Å². The quantitative estimate of drug-likeness (QED) is 0.180. The molecule has 0 saturated heterocycles. The molecule has 0 aliphatic rings. The monoisotopic (exact) mass is 622 g/mol. The molecule has 6 heteroatoms. The fraction of sp³-hybridized carbons (Fsp3) is 0.278. The molecule has 0 fully saturated rings. The Bertz CT molecular complexity index is 1570. The highest BCUT2D eigenvalue weighted by atomic mass is 28.3. The summed E-state index contributed by atoms with van der Waals surface area (Å²) in [5.74, 6) is 2.10. The van der Waals surface area contributed by atoms with E-state index in [0.29, 0.717) is 13.2 Å². The Kier molecular flexibility index (Phi) is 9.57. The average Bonchev–Trinajstić information content (AvgIpc) is 2.97. The molecular formula is C36H46O2Si4. The van der Waals surface area contributed by atoms with E-state index in [9.17, 15) is 0 Å². The molecule has 0 bridgehead atoms. The standard InChI is InChI=1S/C36H46O2Si4/c1-39(2)29-15-17-31-27(21-29)13-19-33(35(31)41(5)6)37-23-25-9-11-26(12-10-25)24-38-34-20-14-28-22-30(40(3)4)16-18-32(28)36(34)42(7)8/h9-22,39-42H,23-24H2,1-8H3. The summed E-state index contributed by atoms with van der Waals surface area (Å²) in [4.78, 5) is 0. The SMILES string of the molecule is C[SiH](C)c1ccc2c([SiH](C)C)c(OCc3ccc(COc4ccc5cc([SiH](C)C)ccc5c4[SiH](C)C)cc3)ccc2c1. The van der Waals surface area contributed by atoms with E-state index in [0.717, 1.165) is 11.5 Å². The molecule has 0 N–H and O–H groups in total. The first-order chi connectivity index (χ1) is 20.1. The summed E-state index contributed by atoms with van der Waals surface area (Å²) in [6.45, 7) is 20.3. The number of fused-ring (bicyclic) bond motifs is 2. The predicted octanol–water partition coefficient (Wildman–Crippen LogP) is 5.93. The maximum atomic E-state index is 6.46. The van der Waals surface area contributed by atoms with Crippen molar-refractivity contribution in [1.82, 2.24) is 0 Å². The number of hydrogen-bond acceptors (Lipinski definition) is 2. The Hall–Kier alpha value is -2.91. The van der Waals surface area contributed by atoms with Crippen molar-refractivity contribution in [3.8, 4) is 11.5 Å². The topological polar surface area (TPSA) is 18.5 Å². The van der Waals surface area contributed by atoms with Crippen molar-refractivity contribution in [2.45, 2.75) is 65.6 Å². The number of ether oxygens (including phenoxy) is 2. The fourth-order valence-electron chi connectivity index (χ4n) is 5.92. The highest BCUT2D eigenvalue weighted by molar-refractivity contribution is 6.75. The molecule has 5 aromatic carbocycles. The van der Waals surface area contributed by atoms with Gasteiger partial charge in [0.1, 0.15) is 24.7 Å². The third-order valence-corrected chi connectivity index (χ3v) is 15.3. The van der Waals surface area contributed by atoms with Crippen molar-refractivity contribution in [3.63, 3.8) is 0 Å². The van der Waals surface area contributed by atoms with Gasteiger partial charge in [0.2, 0.25) is 0 Å². The van der Waals surface area contributed by atoms with Crippen molar-refractivity contribution in [1.29, 1.82) is 0 Å². The Balaban J connectivity index is 1.28.